The zero-order chi connectivity index (χ0) is 18.8. The molecule has 1 aliphatic carbocycles. The normalized spacial score (nSPS) is 13.4. The predicted molar refractivity (Wildman–Crippen MR) is 105 cm³/mol. The lowest BCUT2D eigenvalue weighted by molar-refractivity contribution is 0.303. The van der Waals surface area contributed by atoms with Crippen molar-refractivity contribution in [1.82, 2.24) is 4.98 Å². The summed E-state index contributed by atoms with van der Waals surface area (Å²) in [5.74, 6) is 3.35. The van der Waals surface area contributed by atoms with Gasteiger partial charge in [0, 0.05) is 11.6 Å². The molecule has 0 saturated heterocycles. The molecule has 0 aliphatic heterocycles. The Morgan fingerprint density at radius 1 is 0.889 bits per heavy atom. The minimum atomic E-state index is 0.577. The molecule has 5 nitrogen and oxygen atoms in total. The van der Waals surface area contributed by atoms with Crippen molar-refractivity contribution in [2.45, 2.75) is 12.8 Å². The SMILES string of the molecule is COc1cc(-c2cc(OCC3CC3)c3cccnc3c2)cc(OC)c1OC. The number of benzene rings is 2. The first-order valence-corrected chi connectivity index (χ1v) is 9.05. The highest BCUT2D eigenvalue weighted by atomic mass is 16.5. The highest BCUT2D eigenvalue weighted by Crippen LogP contribution is 2.42. The third-order valence-electron chi connectivity index (χ3n) is 4.85. The summed E-state index contributed by atoms with van der Waals surface area (Å²) in [6.45, 7) is 0.753. The van der Waals surface area contributed by atoms with Gasteiger partial charge in [-0.25, -0.2) is 0 Å². The Morgan fingerprint density at radius 3 is 2.19 bits per heavy atom. The molecule has 4 rings (SSSR count). The van der Waals surface area contributed by atoms with E-state index < -0.39 is 0 Å². The molecular formula is C22H23NO4. The Balaban J connectivity index is 1.83. The fraction of sp³-hybridized carbons (Fsp3) is 0.318. The molecule has 1 aromatic heterocycles. The van der Waals surface area contributed by atoms with Crippen molar-refractivity contribution in [2.75, 3.05) is 27.9 Å². The third kappa shape index (κ3) is 3.50. The van der Waals surface area contributed by atoms with Crippen LogP contribution in [0.4, 0.5) is 0 Å². The monoisotopic (exact) mass is 365 g/mol. The van der Waals surface area contributed by atoms with Crippen LogP contribution in [0.5, 0.6) is 23.0 Å². The van der Waals surface area contributed by atoms with Crippen LogP contribution in [0.1, 0.15) is 12.8 Å². The Bertz CT molecular complexity index is 941. The summed E-state index contributed by atoms with van der Waals surface area (Å²) in [6, 6.07) is 12.0. The lowest BCUT2D eigenvalue weighted by atomic mass is 10.0. The van der Waals surface area contributed by atoms with E-state index in [0.717, 1.165) is 34.4 Å². The second kappa shape index (κ2) is 7.35. The first-order valence-electron chi connectivity index (χ1n) is 9.05. The molecule has 1 fully saturated rings. The number of pyridine rings is 1. The number of aromatic nitrogens is 1. The lowest BCUT2D eigenvalue weighted by Crippen LogP contribution is -2.00. The van der Waals surface area contributed by atoms with E-state index in [0.29, 0.717) is 23.2 Å². The molecule has 3 aromatic rings. The Morgan fingerprint density at radius 2 is 1.56 bits per heavy atom. The number of nitrogens with zero attached hydrogens (tertiary/aromatic N) is 1. The number of rotatable bonds is 7. The molecule has 140 valence electrons. The van der Waals surface area contributed by atoms with Crippen LogP contribution in [0, 0.1) is 5.92 Å². The Labute approximate surface area is 158 Å². The second-order valence-electron chi connectivity index (χ2n) is 6.71. The number of methoxy groups -OCH3 is 3. The molecule has 0 N–H and O–H groups in total. The van der Waals surface area contributed by atoms with Crippen LogP contribution < -0.4 is 18.9 Å². The topological polar surface area (TPSA) is 49.8 Å². The van der Waals surface area contributed by atoms with E-state index >= 15 is 0 Å². The minimum Gasteiger partial charge on any atom is -0.493 e. The van der Waals surface area contributed by atoms with Gasteiger partial charge in [-0.2, -0.15) is 0 Å². The van der Waals surface area contributed by atoms with Gasteiger partial charge in [0.1, 0.15) is 5.75 Å². The summed E-state index contributed by atoms with van der Waals surface area (Å²) >= 11 is 0. The maximum Gasteiger partial charge on any atom is 0.203 e. The van der Waals surface area contributed by atoms with Gasteiger partial charge >= 0.3 is 0 Å². The zero-order valence-electron chi connectivity index (χ0n) is 15.8. The van der Waals surface area contributed by atoms with Crippen LogP contribution in [-0.4, -0.2) is 32.9 Å². The number of ether oxygens (including phenoxy) is 4. The first-order chi connectivity index (χ1) is 13.2. The lowest BCUT2D eigenvalue weighted by Gasteiger charge is -2.16. The van der Waals surface area contributed by atoms with Crippen LogP contribution in [0.2, 0.25) is 0 Å². The van der Waals surface area contributed by atoms with E-state index in [2.05, 4.69) is 17.1 Å². The molecule has 0 spiro atoms. The third-order valence-corrected chi connectivity index (χ3v) is 4.85. The van der Waals surface area contributed by atoms with Crippen molar-refractivity contribution in [1.29, 1.82) is 0 Å². The van der Waals surface area contributed by atoms with Gasteiger partial charge in [-0.15, -0.1) is 0 Å². The molecular weight excluding hydrogens is 342 g/mol. The van der Waals surface area contributed by atoms with Crippen molar-refractivity contribution < 1.29 is 18.9 Å². The van der Waals surface area contributed by atoms with Gasteiger partial charge in [-0.1, -0.05) is 0 Å². The van der Waals surface area contributed by atoms with Gasteiger partial charge in [0.2, 0.25) is 5.75 Å². The molecule has 0 bridgehead atoms. The number of hydrogen-bond acceptors (Lipinski definition) is 5. The average Bonchev–Trinajstić information content (AvgIpc) is 3.55. The first kappa shape index (κ1) is 17.5. The zero-order valence-corrected chi connectivity index (χ0v) is 15.8. The highest BCUT2D eigenvalue weighted by Gasteiger charge is 2.22. The quantitative estimate of drug-likeness (QED) is 0.606. The largest absolute Gasteiger partial charge is 0.493 e. The van der Waals surface area contributed by atoms with Crippen molar-refractivity contribution in [3.05, 3.63) is 42.6 Å². The molecule has 1 saturated carbocycles. The molecule has 0 radical (unpaired) electrons. The van der Waals surface area contributed by atoms with Gasteiger partial charge < -0.3 is 18.9 Å². The van der Waals surface area contributed by atoms with Gasteiger partial charge in [-0.3, -0.25) is 4.98 Å². The molecule has 0 atom stereocenters. The van der Waals surface area contributed by atoms with Gasteiger partial charge in [0.05, 0.1) is 33.5 Å². The molecule has 1 heterocycles. The Hall–Kier alpha value is -2.95. The highest BCUT2D eigenvalue weighted by molar-refractivity contribution is 5.90. The summed E-state index contributed by atoms with van der Waals surface area (Å²) in [7, 11) is 4.84. The van der Waals surface area contributed by atoms with Gasteiger partial charge in [0.25, 0.3) is 0 Å². The minimum absolute atomic E-state index is 0.577. The Kier molecular flexibility index (Phi) is 4.75. The van der Waals surface area contributed by atoms with Gasteiger partial charge in [0.15, 0.2) is 11.5 Å². The maximum atomic E-state index is 6.14. The van der Waals surface area contributed by atoms with Crippen molar-refractivity contribution in [3.63, 3.8) is 0 Å². The maximum absolute atomic E-state index is 6.14. The number of fused-ring (bicyclic) bond motifs is 1. The van der Waals surface area contributed by atoms with Crippen molar-refractivity contribution >= 4 is 10.9 Å². The smallest absolute Gasteiger partial charge is 0.203 e. The molecule has 5 heteroatoms. The van der Waals surface area contributed by atoms with Crippen molar-refractivity contribution in [2.24, 2.45) is 5.92 Å². The summed E-state index contributed by atoms with van der Waals surface area (Å²) in [6.07, 6.45) is 4.30. The van der Waals surface area contributed by atoms with Crippen LogP contribution in [0.15, 0.2) is 42.6 Å². The second-order valence-corrected chi connectivity index (χ2v) is 6.71. The van der Waals surface area contributed by atoms with Crippen LogP contribution in [0.25, 0.3) is 22.0 Å². The van der Waals surface area contributed by atoms with Crippen molar-refractivity contribution in [3.8, 4) is 34.1 Å². The fourth-order valence-corrected chi connectivity index (χ4v) is 3.17. The molecule has 0 unspecified atom stereocenters. The standard InChI is InChI=1S/C22H23NO4/c1-24-20-11-16(12-21(25-2)22(20)26-3)15-9-18-17(5-4-8-23-18)19(10-15)27-13-14-6-7-14/h4-5,8-12,14H,6-7,13H2,1-3H3. The average molecular weight is 365 g/mol. The summed E-state index contributed by atoms with van der Waals surface area (Å²) in [5, 5.41) is 1.02. The van der Waals surface area contributed by atoms with Crippen LogP contribution in [-0.2, 0) is 0 Å². The van der Waals surface area contributed by atoms with Crippen LogP contribution in [0.3, 0.4) is 0 Å². The fourth-order valence-electron chi connectivity index (χ4n) is 3.17. The van der Waals surface area contributed by atoms with E-state index in [1.165, 1.54) is 12.8 Å². The van der Waals surface area contributed by atoms with E-state index in [4.69, 9.17) is 18.9 Å². The van der Waals surface area contributed by atoms with Gasteiger partial charge in [-0.05, 0) is 66.3 Å². The van der Waals surface area contributed by atoms with Crippen LogP contribution >= 0.6 is 0 Å². The summed E-state index contributed by atoms with van der Waals surface area (Å²) in [5.41, 5.74) is 2.84. The predicted octanol–water partition coefficient (Wildman–Crippen LogP) is 4.72. The summed E-state index contributed by atoms with van der Waals surface area (Å²) in [4.78, 5) is 4.52. The summed E-state index contributed by atoms with van der Waals surface area (Å²) < 4.78 is 22.6. The molecule has 2 aromatic carbocycles. The van der Waals surface area contributed by atoms with E-state index in [1.807, 2.05) is 24.3 Å². The molecule has 0 amide bonds. The molecule has 1 aliphatic rings. The number of hydrogen-bond donors (Lipinski definition) is 0. The molecule has 27 heavy (non-hydrogen) atoms. The van der Waals surface area contributed by atoms with E-state index in [9.17, 15) is 0 Å². The van der Waals surface area contributed by atoms with E-state index in [1.54, 1.807) is 27.5 Å². The van der Waals surface area contributed by atoms with E-state index in [-0.39, 0.29) is 0 Å².